The largest absolute Gasteiger partial charge is 0.322 e. The number of thiazole rings is 1. The summed E-state index contributed by atoms with van der Waals surface area (Å²) in [5, 5.41) is 4.68. The van der Waals surface area contributed by atoms with Crippen LogP contribution in [-0.2, 0) is 0 Å². The van der Waals surface area contributed by atoms with E-state index in [0.29, 0.717) is 10.2 Å². The smallest absolute Gasteiger partial charge is 0.258 e. The van der Waals surface area contributed by atoms with Gasteiger partial charge in [-0.3, -0.25) is 9.20 Å². The van der Waals surface area contributed by atoms with Crippen LogP contribution in [0.25, 0.3) is 16.2 Å². The average Bonchev–Trinajstić information content (AvgIpc) is 3.19. The number of hydrogen-bond acceptors (Lipinski definition) is 3. The molecule has 0 atom stereocenters. The average molecular weight is 416 g/mol. The third-order valence-corrected chi connectivity index (χ3v) is 4.97. The maximum absolute atomic E-state index is 13.8. The Hall–Kier alpha value is -2.51. The summed E-state index contributed by atoms with van der Waals surface area (Å²) >= 11 is 4.81. The van der Waals surface area contributed by atoms with Gasteiger partial charge in [0.05, 0.1) is 11.3 Å². The first-order chi connectivity index (χ1) is 12.1. The Morgan fingerprint density at radius 2 is 2.00 bits per heavy atom. The lowest BCUT2D eigenvalue weighted by Crippen LogP contribution is -2.13. The molecule has 124 valence electrons. The third kappa shape index (κ3) is 3.20. The van der Waals surface area contributed by atoms with E-state index in [1.165, 1.54) is 12.1 Å². The summed E-state index contributed by atoms with van der Waals surface area (Å²) < 4.78 is 16.4. The fourth-order valence-corrected chi connectivity index (χ4v) is 3.52. The molecule has 0 bridgehead atoms. The van der Waals surface area contributed by atoms with Crippen molar-refractivity contribution in [1.29, 1.82) is 0 Å². The molecular weight excluding hydrogens is 405 g/mol. The molecule has 1 amide bonds. The second-order valence-electron chi connectivity index (χ2n) is 5.37. The van der Waals surface area contributed by atoms with Crippen LogP contribution in [0.5, 0.6) is 0 Å². The summed E-state index contributed by atoms with van der Waals surface area (Å²) in [7, 11) is 0. The van der Waals surface area contributed by atoms with Gasteiger partial charge in [-0.1, -0.05) is 28.1 Å². The van der Waals surface area contributed by atoms with Gasteiger partial charge in [-0.2, -0.15) is 0 Å². The van der Waals surface area contributed by atoms with Crippen LogP contribution in [0.4, 0.5) is 10.1 Å². The number of anilines is 1. The monoisotopic (exact) mass is 415 g/mol. The number of benzene rings is 2. The van der Waals surface area contributed by atoms with Crippen molar-refractivity contribution in [2.24, 2.45) is 0 Å². The second-order valence-corrected chi connectivity index (χ2v) is 7.16. The number of aromatic nitrogens is 2. The van der Waals surface area contributed by atoms with E-state index < -0.39 is 11.7 Å². The Kier molecular flexibility index (Phi) is 4.10. The second kappa shape index (κ2) is 6.42. The Morgan fingerprint density at radius 3 is 2.76 bits per heavy atom. The molecule has 0 spiro atoms. The molecule has 4 nitrogen and oxygen atoms in total. The molecule has 0 saturated carbocycles. The van der Waals surface area contributed by atoms with Crippen LogP contribution in [0.1, 0.15) is 10.4 Å². The van der Waals surface area contributed by atoms with Gasteiger partial charge in [-0.25, -0.2) is 9.37 Å². The van der Waals surface area contributed by atoms with Crippen molar-refractivity contribution >= 4 is 43.8 Å². The van der Waals surface area contributed by atoms with Crippen LogP contribution in [-0.4, -0.2) is 15.3 Å². The standard InChI is InChI=1S/C18H11BrFN3OS/c19-12-3-6-15(20)14(9-12)17(24)21-13-4-1-11(2-5-13)16-10-23-7-8-25-18(23)22-16/h1-10H,(H,21,24). The molecule has 0 aliphatic carbocycles. The summed E-state index contributed by atoms with van der Waals surface area (Å²) in [4.78, 5) is 17.7. The number of nitrogens with zero attached hydrogens (tertiary/aromatic N) is 2. The minimum absolute atomic E-state index is 0.00668. The van der Waals surface area contributed by atoms with Gasteiger partial charge >= 0.3 is 0 Å². The molecule has 0 saturated heterocycles. The van der Waals surface area contributed by atoms with E-state index >= 15 is 0 Å². The number of halogens is 2. The van der Waals surface area contributed by atoms with Crippen molar-refractivity contribution in [1.82, 2.24) is 9.38 Å². The molecule has 4 aromatic rings. The summed E-state index contributed by atoms with van der Waals surface area (Å²) in [5.74, 6) is -1.05. The molecule has 25 heavy (non-hydrogen) atoms. The van der Waals surface area contributed by atoms with Gasteiger partial charge in [-0.05, 0) is 30.3 Å². The highest BCUT2D eigenvalue weighted by molar-refractivity contribution is 9.10. The minimum Gasteiger partial charge on any atom is -0.322 e. The molecule has 2 heterocycles. The van der Waals surface area contributed by atoms with Crippen LogP contribution in [0.2, 0.25) is 0 Å². The fraction of sp³-hybridized carbons (Fsp3) is 0. The molecule has 0 unspecified atom stereocenters. The van der Waals surface area contributed by atoms with Crippen LogP contribution in [0.3, 0.4) is 0 Å². The zero-order valence-electron chi connectivity index (χ0n) is 12.7. The van der Waals surface area contributed by atoms with Gasteiger partial charge in [0.2, 0.25) is 0 Å². The van der Waals surface area contributed by atoms with Crippen LogP contribution < -0.4 is 5.32 Å². The van der Waals surface area contributed by atoms with Gasteiger partial charge < -0.3 is 5.32 Å². The van der Waals surface area contributed by atoms with E-state index in [-0.39, 0.29) is 5.56 Å². The number of hydrogen-bond donors (Lipinski definition) is 1. The lowest BCUT2D eigenvalue weighted by Gasteiger charge is -2.07. The quantitative estimate of drug-likeness (QED) is 0.498. The van der Waals surface area contributed by atoms with Crippen LogP contribution in [0, 0.1) is 5.82 Å². The molecule has 1 N–H and O–H groups in total. The lowest BCUT2D eigenvalue weighted by atomic mass is 10.1. The maximum Gasteiger partial charge on any atom is 0.258 e. The van der Waals surface area contributed by atoms with Gasteiger partial charge in [0.25, 0.3) is 5.91 Å². The Labute approximate surface area is 155 Å². The molecule has 0 fully saturated rings. The van der Waals surface area contributed by atoms with Crippen molar-refractivity contribution in [3.63, 3.8) is 0 Å². The molecule has 2 aromatic heterocycles. The van der Waals surface area contributed by atoms with Crippen LogP contribution >= 0.6 is 27.3 Å². The predicted molar refractivity (Wildman–Crippen MR) is 101 cm³/mol. The number of fused-ring (bicyclic) bond motifs is 1. The highest BCUT2D eigenvalue weighted by atomic mass is 79.9. The minimum atomic E-state index is -0.560. The van der Waals surface area contributed by atoms with E-state index in [1.807, 2.05) is 34.3 Å². The zero-order chi connectivity index (χ0) is 17.4. The number of imidazole rings is 1. The first-order valence-electron chi connectivity index (χ1n) is 7.39. The third-order valence-electron chi connectivity index (χ3n) is 3.70. The Bertz CT molecular complexity index is 1040. The lowest BCUT2D eigenvalue weighted by molar-refractivity contribution is 0.102. The van der Waals surface area contributed by atoms with E-state index in [4.69, 9.17) is 0 Å². The molecule has 4 rings (SSSR count). The summed E-state index contributed by atoms with van der Waals surface area (Å²) in [6, 6.07) is 11.6. The van der Waals surface area contributed by atoms with E-state index in [2.05, 4.69) is 26.2 Å². The van der Waals surface area contributed by atoms with Gasteiger partial charge in [0, 0.05) is 33.5 Å². The first-order valence-corrected chi connectivity index (χ1v) is 9.06. The van der Waals surface area contributed by atoms with Crippen molar-refractivity contribution in [2.75, 3.05) is 5.32 Å². The van der Waals surface area contributed by atoms with Crippen molar-refractivity contribution < 1.29 is 9.18 Å². The highest BCUT2D eigenvalue weighted by Crippen LogP contribution is 2.23. The van der Waals surface area contributed by atoms with Crippen molar-refractivity contribution in [2.45, 2.75) is 0 Å². The molecule has 0 radical (unpaired) electrons. The number of nitrogens with one attached hydrogen (secondary N) is 1. The number of carbonyl (C=O) groups excluding carboxylic acids is 1. The van der Waals surface area contributed by atoms with Crippen LogP contribution in [0.15, 0.2) is 64.7 Å². The zero-order valence-corrected chi connectivity index (χ0v) is 15.1. The molecule has 0 aliphatic rings. The predicted octanol–water partition coefficient (Wildman–Crippen LogP) is 5.22. The SMILES string of the molecule is O=C(Nc1ccc(-c2cn3ccsc3n2)cc1)c1cc(Br)ccc1F. The maximum atomic E-state index is 13.8. The molecule has 7 heteroatoms. The van der Waals surface area contributed by atoms with Crippen molar-refractivity contribution in [3.8, 4) is 11.3 Å². The Balaban J connectivity index is 1.55. The molecule has 2 aromatic carbocycles. The fourth-order valence-electron chi connectivity index (χ4n) is 2.46. The molecular formula is C18H11BrFN3OS. The van der Waals surface area contributed by atoms with Gasteiger partial charge in [0.1, 0.15) is 5.82 Å². The normalized spacial score (nSPS) is 11.0. The first kappa shape index (κ1) is 16.0. The van der Waals surface area contributed by atoms with Gasteiger partial charge in [-0.15, -0.1) is 11.3 Å². The van der Waals surface area contributed by atoms with Crippen molar-refractivity contribution in [3.05, 3.63) is 76.1 Å². The Morgan fingerprint density at radius 1 is 1.20 bits per heavy atom. The van der Waals surface area contributed by atoms with E-state index in [9.17, 15) is 9.18 Å². The highest BCUT2D eigenvalue weighted by Gasteiger charge is 2.13. The topological polar surface area (TPSA) is 46.4 Å². The summed E-state index contributed by atoms with van der Waals surface area (Å²) in [5.41, 5.74) is 2.40. The molecule has 0 aliphatic heterocycles. The van der Waals surface area contributed by atoms with Gasteiger partial charge in [0.15, 0.2) is 4.96 Å². The summed E-state index contributed by atoms with van der Waals surface area (Å²) in [6.45, 7) is 0. The summed E-state index contributed by atoms with van der Waals surface area (Å²) in [6.07, 6.45) is 3.91. The van der Waals surface area contributed by atoms with E-state index in [1.54, 1.807) is 29.5 Å². The number of amides is 1. The van der Waals surface area contributed by atoms with E-state index in [0.717, 1.165) is 16.2 Å². The number of rotatable bonds is 3. The number of carbonyl (C=O) groups is 1.